The number of nitrogens with one attached hydrogen (secondary N) is 2. The van der Waals surface area contributed by atoms with Crippen LogP contribution in [0, 0.1) is 11.7 Å². The molecule has 1 aliphatic rings. The predicted molar refractivity (Wildman–Crippen MR) is 101 cm³/mol. The molecule has 0 spiro atoms. The first-order valence-electron chi connectivity index (χ1n) is 9.23. The Kier molecular flexibility index (Phi) is 4.69. The van der Waals surface area contributed by atoms with Crippen molar-refractivity contribution >= 4 is 22.6 Å². The molecule has 1 saturated carbocycles. The van der Waals surface area contributed by atoms with Crippen LogP contribution in [0.5, 0.6) is 0 Å². The quantitative estimate of drug-likeness (QED) is 0.657. The molecule has 5 heteroatoms. The molecule has 4 rings (SSSR count). The third kappa shape index (κ3) is 3.62. The number of carbonyl (C=O) groups is 1. The maximum Gasteiger partial charge on any atom is 0.225 e. The Bertz CT molecular complexity index is 911. The highest BCUT2D eigenvalue weighted by Crippen LogP contribution is 2.29. The summed E-state index contributed by atoms with van der Waals surface area (Å²) in [4.78, 5) is 12.2. The minimum atomic E-state index is -0.251. The van der Waals surface area contributed by atoms with E-state index in [1.165, 1.54) is 37.8 Å². The Hall–Kier alpha value is -2.69. The average Bonchev–Trinajstić information content (AvgIpc) is 3.30. The Morgan fingerprint density at radius 1 is 1.12 bits per heavy atom. The lowest BCUT2D eigenvalue weighted by Crippen LogP contribution is -2.13. The fraction of sp³-hybridized carbons (Fsp3) is 0.333. The summed E-state index contributed by atoms with van der Waals surface area (Å²) in [6.45, 7) is 0. The van der Waals surface area contributed by atoms with Crippen LogP contribution < -0.4 is 5.32 Å². The SMILES string of the molecule is O=C(CCC1CCCC1)Nc1n[nH]c2cc(-c3ccc(F)cc3)ccc12. The molecule has 1 fully saturated rings. The summed E-state index contributed by atoms with van der Waals surface area (Å²) in [5, 5.41) is 11.0. The number of benzene rings is 2. The van der Waals surface area contributed by atoms with Crippen molar-refractivity contribution in [3.63, 3.8) is 0 Å². The number of hydrogen-bond donors (Lipinski definition) is 2. The van der Waals surface area contributed by atoms with Gasteiger partial charge >= 0.3 is 0 Å². The minimum Gasteiger partial charge on any atom is -0.309 e. The minimum absolute atomic E-state index is 0.0212. The summed E-state index contributed by atoms with van der Waals surface area (Å²) < 4.78 is 13.1. The van der Waals surface area contributed by atoms with E-state index in [-0.39, 0.29) is 11.7 Å². The third-order valence-corrected chi connectivity index (χ3v) is 5.25. The Morgan fingerprint density at radius 2 is 1.85 bits per heavy atom. The molecule has 1 amide bonds. The second kappa shape index (κ2) is 7.28. The smallest absolute Gasteiger partial charge is 0.225 e. The van der Waals surface area contributed by atoms with Gasteiger partial charge in [0, 0.05) is 11.8 Å². The number of halogens is 1. The normalized spacial score (nSPS) is 14.8. The van der Waals surface area contributed by atoms with Crippen LogP contribution in [0.25, 0.3) is 22.0 Å². The number of aromatic amines is 1. The van der Waals surface area contributed by atoms with Crippen molar-refractivity contribution in [2.24, 2.45) is 5.92 Å². The van der Waals surface area contributed by atoms with E-state index in [4.69, 9.17) is 0 Å². The van der Waals surface area contributed by atoms with Crippen LogP contribution in [0.15, 0.2) is 42.5 Å². The van der Waals surface area contributed by atoms with E-state index in [2.05, 4.69) is 15.5 Å². The number of anilines is 1. The molecule has 0 saturated heterocycles. The lowest BCUT2D eigenvalue weighted by molar-refractivity contribution is -0.116. The fourth-order valence-corrected chi connectivity index (χ4v) is 3.77. The number of fused-ring (bicyclic) bond motifs is 1. The van der Waals surface area contributed by atoms with Crippen molar-refractivity contribution in [1.29, 1.82) is 0 Å². The lowest BCUT2D eigenvalue weighted by atomic mass is 10.0. The summed E-state index contributed by atoms with van der Waals surface area (Å²) in [7, 11) is 0. The van der Waals surface area contributed by atoms with Crippen LogP contribution in [0.4, 0.5) is 10.2 Å². The average molecular weight is 351 g/mol. The topological polar surface area (TPSA) is 57.8 Å². The Balaban J connectivity index is 1.46. The zero-order valence-electron chi connectivity index (χ0n) is 14.6. The second-order valence-electron chi connectivity index (χ2n) is 7.08. The van der Waals surface area contributed by atoms with E-state index in [0.717, 1.165) is 28.5 Å². The van der Waals surface area contributed by atoms with Gasteiger partial charge in [-0.2, -0.15) is 5.10 Å². The van der Waals surface area contributed by atoms with Gasteiger partial charge in [-0.05, 0) is 47.7 Å². The van der Waals surface area contributed by atoms with E-state index < -0.39 is 0 Å². The number of carbonyl (C=O) groups excluding carboxylic acids is 1. The number of hydrogen-bond acceptors (Lipinski definition) is 2. The molecule has 0 bridgehead atoms. The lowest BCUT2D eigenvalue weighted by Gasteiger charge is -2.08. The Labute approximate surface area is 151 Å². The maximum absolute atomic E-state index is 13.1. The number of rotatable bonds is 5. The number of H-pyrrole nitrogens is 1. The van der Waals surface area contributed by atoms with E-state index in [1.807, 2.05) is 18.2 Å². The van der Waals surface area contributed by atoms with E-state index in [9.17, 15) is 9.18 Å². The molecule has 4 nitrogen and oxygen atoms in total. The molecule has 1 aliphatic carbocycles. The summed E-state index contributed by atoms with van der Waals surface area (Å²) in [6.07, 6.45) is 6.62. The molecule has 1 aromatic heterocycles. The van der Waals surface area contributed by atoms with Gasteiger partial charge in [-0.1, -0.05) is 43.9 Å². The van der Waals surface area contributed by atoms with Crippen LogP contribution >= 0.6 is 0 Å². The maximum atomic E-state index is 13.1. The molecule has 0 atom stereocenters. The molecule has 3 aromatic rings. The van der Waals surface area contributed by atoms with Gasteiger partial charge in [0.1, 0.15) is 5.82 Å². The van der Waals surface area contributed by atoms with Gasteiger partial charge in [0.05, 0.1) is 5.52 Å². The molecular weight excluding hydrogens is 329 g/mol. The van der Waals surface area contributed by atoms with Gasteiger partial charge in [0.2, 0.25) is 5.91 Å². The zero-order valence-corrected chi connectivity index (χ0v) is 14.6. The van der Waals surface area contributed by atoms with Crippen molar-refractivity contribution in [3.8, 4) is 11.1 Å². The molecule has 2 aromatic carbocycles. The third-order valence-electron chi connectivity index (χ3n) is 5.25. The first kappa shape index (κ1) is 16.8. The fourth-order valence-electron chi connectivity index (χ4n) is 3.77. The van der Waals surface area contributed by atoms with Crippen LogP contribution in [-0.2, 0) is 4.79 Å². The first-order valence-corrected chi connectivity index (χ1v) is 9.23. The van der Waals surface area contributed by atoms with Gasteiger partial charge in [-0.25, -0.2) is 4.39 Å². The van der Waals surface area contributed by atoms with Gasteiger partial charge in [0.25, 0.3) is 0 Å². The molecule has 0 aliphatic heterocycles. The van der Waals surface area contributed by atoms with Gasteiger partial charge in [-0.3, -0.25) is 9.89 Å². The molecule has 0 radical (unpaired) electrons. The molecule has 1 heterocycles. The molecule has 0 unspecified atom stereocenters. The van der Waals surface area contributed by atoms with Crippen molar-refractivity contribution < 1.29 is 9.18 Å². The van der Waals surface area contributed by atoms with Crippen molar-refractivity contribution in [1.82, 2.24) is 10.2 Å². The van der Waals surface area contributed by atoms with Crippen molar-refractivity contribution in [2.75, 3.05) is 5.32 Å². The number of amides is 1. The predicted octanol–water partition coefficient (Wildman–Crippen LogP) is 5.28. The zero-order chi connectivity index (χ0) is 17.9. The van der Waals surface area contributed by atoms with E-state index in [1.54, 1.807) is 12.1 Å². The van der Waals surface area contributed by atoms with Crippen LogP contribution in [0.2, 0.25) is 0 Å². The van der Waals surface area contributed by atoms with Crippen LogP contribution in [0.1, 0.15) is 38.5 Å². The van der Waals surface area contributed by atoms with E-state index >= 15 is 0 Å². The second-order valence-corrected chi connectivity index (χ2v) is 7.08. The van der Waals surface area contributed by atoms with E-state index in [0.29, 0.717) is 18.2 Å². The first-order chi connectivity index (χ1) is 12.7. The molecular formula is C21H22FN3O. The summed E-state index contributed by atoms with van der Waals surface area (Å²) >= 11 is 0. The van der Waals surface area contributed by atoms with Crippen molar-refractivity contribution in [3.05, 3.63) is 48.3 Å². The highest BCUT2D eigenvalue weighted by Gasteiger charge is 2.17. The largest absolute Gasteiger partial charge is 0.309 e. The highest BCUT2D eigenvalue weighted by molar-refractivity contribution is 6.00. The number of nitrogens with zero attached hydrogens (tertiary/aromatic N) is 1. The standard InChI is InChI=1S/C21H22FN3O/c22-17-9-6-15(7-10-17)16-8-11-18-19(13-16)24-25-21(18)23-20(26)12-5-14-3-1-2-4-14/h6-11,13-14H,1-5,12H2,(H2,23,24,25,26). The highest BCUT2D eigenvalue weighted by atomic mass is 19.1. The van der Waals surface area contributed by atoms with Crippen LogP contribution in [-0.4, -0.2) is 16.1 Å². The van der Waals surface area contributed by atoms with Gasteiger partial charge in [0.15, 0.2) is 5.82 Å². The summed E-state index contributed by atoms with van der Waals surface area (Å²) in [5.74, 6) is 1.05. The molecule has 134 valence electrons. The number of aromatic nitrogens is 2. The van der Waals surface area contributed by atoms with Gasteiger partial charge < -0.3 is 5.32 Å². The van der Waals surface area contributed by atoms with Crippen molar-refractivity contribution in [2.45, 2.75) is 38.5 Å². The molecule has 2 N–H and O–H groups in total. The molecule has 26 heavy (non-hydrogen) atoms. The van der Waals surface area contributed by atoms with Crippen LogP contribution in [0.3, 0.4) is 0 Å². The monoisotopic (exact) mass is 351 g/mol. The summed E-state index contributed by atoms with van der Waals surface area (Å²) in [6, 6.07) is 12.2. The van der Waals surface area contributed by atoms with Gasteiger partial charge in [-0.15, -0.1) is 0 Å². The summed E-state index contributed by atoms with van der Waals surface area (Å²) in [5.41, 5.74) is 2.75. The Morgan fingerprint density at radius 3 is 2.62 bits per heavy atom.